The zero-order valence-corrected chi connectivity index (χ0v) is 15.7. The van der Waals surface area contributed by atoms with Crippen molar-refractivity contribution in [1.29, 1.82) is 0 Å². The normalized spacial score (nSPS) is 19.1. The number of hydrogen-bond donors (Lipinski definition) is 1. The molecule has 1 fully saturated rings. The number of nitrogens with zero attached hydrogens (tertiary/aromatic N) is 1. The maximum Gasteiger partial charge on any atom is 0.237 e. The Morgan fingerprint density at radius 2 is 1.93 bits per heavy atom. The molecule has 0 aliphatic carbocycles. The maximum absolute atomic E-state index is 13.9. The molecular formula is C19H16ClF3N2O3. The maximum atomic E-state index is 13.9. The van der Waals surface area contributed by atoms with Crippen LogP contribution in [-0.2, 0) is 9.59 Å². The van der Waals surface area contributed by atoms with Crippen molar-refractivity contribution in [2.75, 3.05) is 26.0 Å². The van der Waals surface area contributed by atoms with Crippen LogP contribution in [-0.4, -0.2) is 37.4 Å². The van der Waals surface area contributed by atoms with E-state index in [0.717, 1.165) is 18.2 Å². The topological polar surface area (TPSA) is 58.6 Å². The number of amides is 2. The van der Waals surface area contributed by atoms with E-state index in [4.69, 9.17) is 16.3 Å². The number of rotatable bonds is 4. The lowest BCUT2D eigenvalue weighted by molar-refractivity contribution is -0.135. The third-order valence-electron chi connectivity index (χ3n) is 4.67. The zero-order valence-electron chi connectivity index (χ0n) is 14.9. The first-order chi connectivity index (χ1) is 13.2. The average Bonchev–Trinajstić information content (AvgIpc) is 2.92. The Morgan fingerprint density at radius 1 is 1.21 bits per heavy atom. The molecule has 1 aliphatic heterocycles. The highest BCUT2D eigenvalue weighted by molar-refractivity contribution is 6.33. The first-order valence-corrected chi connectivity index (χ1v) is 8.65. The van der Waals surface area contributed by atoms with Crippen molar-refractivity contribution in [3.8, 4) is 5.75 Å². The zero-order chi connectivity index (χ0) is 20.6. The summed E-state index contributed by atoms with van der Waals surface area (Å²) in [6, 6.07) is 5.19. The number of hydrogen-bond acceptors (Lipinski definition) is 3. The summed E-state index contributed by atoms with van der Waals surface area (Å²) in [6.45, 7) is 0.150. The number of benzene rings is 2. The molecule has 148 valence electrons. The van der Waals surface area contributed by atoms with E-state index in [0.29, 0.717) is 11.6 Å². The predicted molar refractivity (Wildman–Crippen MR) is 96.8 cm³/mol. The molecule has 5 nitrogen and oxygen atoms in total. The SMILES string of the molecule is COc1c(F)ccc([C@H]2CN(C)C(=O)[C@@H]2C(=O)Nc2ccc(F)cc2F)c1Cl. The van der Waals surface area contributed by atoms with Crippen molar-refractivity contribution < 1.29 is 27.5 Å². The Hall–Kier alpha value is -2.74. The van der Waals surface area contributed by atoms with Crippen LogP contribution in [0.25, 0.3) is 0 Å². The molecule has 0 aromatic heterocycles. The van der Waals surface area contributed by atoms with E-state index in [-0.39, 0.29) is 23.0 Å². The molecule has 1 heterocycles. The van der Waals surface area contributed by atoms with E-state index in [1.54, 1.807) is 0 Å². The first kappa shape index (κ1) is 20.0. The molecule has 28 heavy (non-hydrogen) atoms. The molecule has 1 aliphatic rings. The summed E-state index contributed by atoms with van der Waals surface area (Å²) < 4.78 is 45.7. The molecule has 2 amide bonds. The summed E-state index contributed by atoms with van der Waals surface area (Å²) in [7, 11) is 2.76. The summed E-state index contributed by atoms with van der Waals surface area (Å²) >= 11 is 6.23. The van der Waals surface area contributed by atoms with Crippen molar-refractivity contribution in [3.05, 3.63) is 58.4 Å². The molecule has 0 spiro atoms. The molecule has 1 saturated heterocycles. The van der Waals surface area contributed by atoms with Gasteiger partial charge in [-0.25, -0.2) is 13.2 Å². The number of carbonyl (C=O) groups is 2. The van der Waals surface area contributed by atoms with Crippen molar-refractivity contribution in [2.24, 2.45) is 5.92 Å². The van der Waals surface area contributed by atoms with Gasteiger partial charge < -0.3 is 15.0 Å². The molecule has 3 rings (SSSR count). The van der Waals surface area contributed by atoms with Gasteiger partial charge in [0.15, 0.2) is 11.6 Å². The van der Waals surface area contributed by atoms with Gasteiger partial charge in [0.1, 0.15) is 17.6 Å². The van der Waals surface area contributed by atoms with Crippen molar-refractivity contribution in [3.63, 3.8) is 0 Å². The van der Waals surface area contributed by atoms with Crippen molar-refractivity contribution >= 4 is 29.1 Å². The van der Waals surface area contributed by atoms with Gasteiger partial charge in [0.2, 0.25) is 11.8 Å². The van der Waals surface area contributed by atoms with Crippen LogP contribution in [0.3, 0.4) is 0 Å². The molecule has 0 bridgehead atoms. The number of likely N-dealkylation sites (N-methyl/N-ethyl adjacent to an activating group) is 1. The summed E-state index contributed by atoms with van der Waals surface area (Å²) in [6.07, 6.45) is 0. The molecule has 9 heteroatoms. The number of anilines is 1. The van der Waals surface area contributed by atoms with Gasteiger partial charge >= 0.3 is 0 Å². The molecule has 1 N–H and O–H groups in total. The van der Waals surface area contributed by atoms with Crippen LogP contribution in [0.2, 0.25) is 5.02 Å². The molecule has 0 radical (unpaired) electrons. The van der Waals surface area contributed by atoms with E-state index >= 15 is 0 Å². The standard InChI is InChI=1S/C19H16ClF3N2O3/c1-25-8-11(10-4-5-12(22)17(28-2)16(10)20)15(19(25)27)18(26)24-14-6-3-9(21)7-13(14)23/h3-7,11,15H,8H2,1-2H3,(H,24,26)/t11-,15+/m1/s1. The number of ether oxygens (including phenoxy) is 1. The highest BCUT2D eigenvalue weighted by Gasteiger charge is 2.45. The smallest absolute Gasteiger partial charge is 0.237 e. The quantitative estimate of drug-likeness (QED) is 0.781. The minimum absolute atomic E-state index is 0.0404. The van der Waals surface area contributed by atoms with Crippen LogP contribution in [0.15, 0.2) is 30.3 Å². The minimum Gasteiger partial charge on any atom is -0.492 e. The Bertz CT molecular complexity index is 954. The third-order valence-corrected chi connectivity index (χ3v) is 5.06. The highest BCUT2D eigenvalue weighted by Crippen LogP contribution is 2.41. The lowest BCUT2D eigenvalue weighted by atomic mass is 9.87. The van der Waals surface area contributed by atoms with Crippen molar-refractivity contribution in [2.45, 2.75) is 5.92 Å². The molecule has 2 aromatic rings. The highest BCUT2D eigenvalue weighted by atomic mass is 35.5. The van der Waals surface area contributed by atoms with Crippen LogP contribution in [0, 0.1) is 23.4 Å². The molecular weight excluding hydrogens is 397 g/mol. The number of nitrogens with one attached hydrogen (secondary N) is 1. The monoisotopic (exact) mass is 412 g/mol. The van der Waals surface area contributed by atoms with E-state index in [1.165, 1.54) is 25.1 Å². The van der Waals surface area contributed by atoms with Crippen LogP contribution in [0.4, 0.5) is 18.9 Å². The Balaban J connectivity index is 1.96. The van der Waals surface area contributed by atoms with Crippen LogP contribution in [0.5, 0.6) is 5.75 Å². The number of halogens is 4. The second kappa shape index (κ2) is 7.71. The van der Waals surface area contributed by atoms with Gasteiger partial charge in [0.05, 0.1) is 17.8 Å². The number of carbonyl (C=O) groups excluding carboxylic acids is 2. The third kappa shape index (κ3) is 3.52. The van der Waals surface area contributed by atoms with Gasteiger partial charge in [-0.15, -0.1) is 0 Å². The van der Waals surface area contributed by atoms with Gasteiger partial charge in [0.25, 0.3) is 0 Å². The Kier molecular flexibility index (Phi) is 5.51. The van der Waals surface area contributed by atoms with Crippen LogP contribution >= 0.6 is 11.6 Å². The fourth-order valence-corrected chi connectivity index (χ4v) is 3.67. The number of likely N-dealkylation sites (tertiary alicyclic amines) is 1. The summed E-state index contributed by atoms with van der Waals surface area (Å²) in [5.41, 5.74) is 0.104. The second-order valence-electron chi connectivity index (χ2n) is 6.40. The second-order valence-corrected chi connectivity index (χ2v) is 6.78. The summed E-state index contributed by atoms with van der Waals surface area (Å²) in [5, 5.41) is 2.27. The molecule has 2 aromatic carbocycles. The van der Waals surface area contributed by atoms with E-state index in [1.807, 2.05) is 0 Å². The molecule has 2 atom stereocenters. The van der Waals surface area contributed by atoms with Gasteiger partial charge in [-0.05, 0) is 23.8 Å². The van der Waals surface area contributed by atoms with Gasteiger partial charge in [-0.1, -0.05) is 17.7 Å². The minimum atomic E-state index is -1.22. The first-order valence-electron chi connectivity index (χ1n) is 8.27. The average molecular weight is 413 g/mol. The number of methoxy groups -OCH3 is 1. The van der Waals surface area contributed by atoms with Crippen molar-refractivity contribution in [1.82, 2.24) is 4.90 Å². The Morgan fingerprint density at radius 3 is 2.57 bits per heavy atom. The van der Waals surface area contributed by atoms with Gasteiger partial charge in [-0.2, -0.15) is 0 Å². The largest absolute Gasteiger partial charge is 0.492 e. The predicted octanol–water partition coefficient (Wildman–Crippen LogP) is 3.58. The van der Waals surface area contributed by atoms with E-state index < -0.39 is 41.1 Å². The lowest BCUT2D eigenvalue weighted by Gasteiger charge is -2.19. The summed E-state index contributed by atoms with van der Waals surface area (Å²) in [4.78, 5) is 26.6. The van der Waals surface area contributed by atoms with Crippen LogP contribution in [0.1, 0.15) is 11.5 Å². The van der Waals surface area contributed by atoms with E-state index in [2.05, 4.69) is 5.32 Å². The summed E-state index contributed by atoms with van der Waals surface area (Å²) in [5.74, 6) is -5.83. The Labute approximate surface area is 164 Å². The van der Waals surface area contributed by atoms with E-state index in [9.17, 15) is 22.8 Å². The molecule has 0 unspecified atom stereocenters. The van der Waals surface area contributed by atoms with Gasteiger partial charge in [0, 0.05) is 25.6 Å². The van der Waals surface area contributed by atoms with Crippen LogP contribution < -0.4 is 10.1 Å². The fraction of sp³-hybridized carbons (Fsp3) is 0.263. The van der Waals surface area contributed by atoms with Gasteiger partial charge in [-0.3, -0.25) is 9.59 Å². The lowest BCUT2D eigenvalue weighted by Crippen LogP contribution is -2.33. The molecule has 0 saturated carbocycles. The fourth-order valence-electron chi connectivity index (χ4n) is 3.30.